The molecule has 1 heterocycles. The first-order valence-electron chi connectivity index (χ1n) is 7.74. The van der Waals surface area contributed by atoms with E-state index in [1.54, 1.807) is 7.11 Å². The molecule has 0 radical (unpaired) electrons. The van der Waals surface area contributed by atoms with Crippen LogP contribution in [0.3, 0.4) is 0 Å². The Morgan fingerprint density at radius 1 is 1.16 bits per heavy atom. The molecule has 1 atom stereocenters. The zero-order chi connectivity index (χ0) is 14.3. The number of unbranched alkanes of at least 4 members (excludes halogenated alkanes) is 3. The van der Waals surface area contributed by atoms with E-state index < -0.39 is 5.72 Å². The average Bonchev–Trinajstić information content (AvgIpc) is 2.70. The smallest absolute Gasteiger partial charge is 0.252 e. The fourth-order valence-corrected chi connectivity index (χ4v) is 2.72. The summed E-state index contributed by atoms with van der Waals surface area (Å²) in [5, 5.41) is 0. The molecule has 0 spiro atoms. The summed E-state index contributed by atoms with van der Waals surface area (Å²) in [4.78, 5) is 14.4. The molecule has 0 aromatic heterocycles. The molecule has 0 fully saturated rings. The topological polar surface area (TPSA) is 29.5 Å². The second-order valence-corrected chi connectivity index (χ2v) is 5.34. The van der Waals surface area contributed by atoms with Gasteiger partial charge in [0.25, 0.3) is 5.91 Å². The molecule has 0 saturated heterocycles. The van der Waals surface area contributed by atoms with E-state index in [1.165, 1.54) is 12.8 Å². The number of amides is 1. The summed E-state index contributed by atoms with van der Waals surface area (Å²) < 4.78 is 5.79. The van der Waals surface area contributed by atoms with Crippen LogP contribution in [0.15, 0.2) is 11.6 Å². The Labute approximate surface area is 118 Å². The molecule has 3 heteroatoms. The first kappa shape index (κ1) is 16.2. The van der Waals surface area contributed by atoms with Crippen molar-refractivity contribution >= 4 is 5.91 Å². The summed E-state index contributed by atoms with van der Waals surface area (Å²) in [6.45, 7) is 7.19. The summed E-state index contributed by atoms with van der Waals surface area (Å²) >= 11 is 0. The van der Waals surface area contributed by atoms with E-state index in [0.717, 1.165) is 44.2 Å². The lowest BCUT2D eigenvalue weighted by atomic mass is 10.0. The molecule has 0 aromatic rings. The van der Waals surface area contributed by atoms with Gasteiger partial charge in [-0.15, -0.1) is 0 Å². The molecule has 1 aliphatic rings. The molecule has 3 nitrogen and oxygen atoms in total. The molecule has 0 bridgehead atoms. The molecular weight excluding hydrogens is 238 g/mol. The molecule has 1 rings (SSSR count). The Morgan fingerprint density at radius 2 is 1.84 bits per heavy atom. The molecule has 1 unspecified atom stereocenters. The number of hydrogen-bond acceptors (Lipinski definition) is 2. The highest BCUT2D eigenvalue weighted by molar-refractivity contribution is 5.96. The number of carbonyl (C=O) groups is 1. The molecule has 19 heavy (non-hydrogen) atoms. The van der Waals surface area contributed by atoms with E-state index >= 15 is 0 Å². The van der Waals surface area contributed by atoms with Crippen LogP contribution in [-0.2, 0) is 9.53 Å². The van der Waals surface area contributed by atoms with Gasteiger partial charge < -0.3 is 9.64 Å². The predicted molar refractivity (Wildman–Crippen MR) is 78.9 cm³/mol. The number of hydrogen-bond donors (Lipinski definition) is 0. The molecule has 0 saturated carbocycles. The lowest BCUT2D eigenvalue weighted by molar-refractivity contribution is -0.148. The molecular formula is C16H29NO2. The third kappa shape index (κ3) is 3.59. The van der Waals surface area contributed by atoms with Gasteiger partial charge in [0.1, 0.15) is 0 Å². The maximum atomic E-state index is 12.4. The Bertz CT molecular complexity index is 325. The predicted octanol–water partition coefficient (Wildman–Crippen LogP) is 3.89. The highest BCUT2D eigenvalue weighted by Gasteiger charge is 2.43. The van der Waals surface area contributed by atoms with Crippen molar-refractivity contribution in [3.8, 4) is 0 Å². The van der Waals surface area contributed by atoms with E-state index in [9.17, 15) is 4.79 Å². The number of carbonyl (C=O) groups excluding carboxylic acids is 1. The molecule has 0 N–H and O–H groups in total. The maximum absolute atomic E-state index is 12.4. The van der Waals surface area contributed by atoms with Crippen molar-refractivity contribution in [1.82, 2.24) is 4.90 Å². The number of nitrogens with zero attached hydrogens (tertiary/aromatic N) is 1. The zero-order valence-corrected chi connectivity index (χ0v) is 13.0. The minimum absolute atomic E-state index is 0.175. The van der Waals surface area contributed by atoms with Gasteiger partial charge in [0.2, 0.25) is 0 Å². The second kappa shape index (κ2) is 7.68. The first-order valence-corrected chi connectivity index (χ1v) is 7.74. The van der Waals surface area contributed by atoms with Crippen LogP contribution in [-0.4, -0.2) is 30.2 Å². The lowest BCUT2D eigenvalue weighted by Crippen LogP contribution is -2.48. The number of ether oxygens (including phenoxy) is 1. The van der Waals surface area contributed by atoms with Crippen molar-refractivity contribution in [2.45, 2.75) is 71.4 Å². The Hall–Kier alpha value is -0.830. The first-order chi connectivity index (χ1) is 9.15. The summed E-state index contributed by atoms with van der Waals surface area (Å²) in [6.07, 6.45) is 9.39. The van der Waals surface area contributed by atoms with Crippen molar-refractivity contribution in [2.75, 3.05) is 13.7 Å². The van der Waals surface area contributed by atoms with Gasteiger partial charge in [0, 0.05) is 19.2 Å². The van der Waals surface area contributed by atoms with Gasteiger partial charge in [-0.3, -0.25) is 4.79 Å². The van der Waals surface area contributed by atoms with Crippen LogP contribution >= 0.6 is 0 Å². The van der Waals surface area contributed by atoms with Gasteiger partial charge >= 0.3 is 0 Å². The van der Waals surface area contributed by atoms with Gasteiger partial charge in [-0.25, -0.2) is 0 Å². The van der Waals surface area contributed by atoms with Gasteiger partial charge in [0.15, 0.2) is 5.72 Å². The SMILES string of the molecule is CCCCCC1(OC)C=C(CC)C(=O)N1CCCC. The normalized spacial score (nSPS) is 23.1. The molecule has 0 aliphatic carbocycles. The molecule has 1 amide bonds. The van der Waals surface area contributed by atoms with E-state index in [0.29, 0.717) is 0 Å². The van der Waals surface area contributed by atoms with Gasteiger partial charge in [-0.05, 0) is 31.8 Å². The quantitative estimate of drug-likeness (QED) is 0.593. The van der Waals surface area contributed by atoms with Crippen LogP contribution in [0.4, 0.5) is 0 Å². The Balaban J connectivity index is 2.87. The van der Waals surface area contributed by atoms with E-state index in [-0.39, 0.29) is 5.91 Å². The van der Waals surface area contributed by atoms with Crippen LogP contribution in [0.5, 0.6) is 0 Å². The van der Waals surface area contributed by atoms with Crippen LogP contribution in [0.2, 0.25) is 0 Å². The Morgan fingerprint density at radius 3 is 2.37 bits per heavy atom. The van der Waals surface area contributed by atoms with Crippen molar-refractivity contribution in [2.24, 2.45) is 0 Å². The minimum Gasteiger partial charge on any atom is -0.355 e. The van der Waals surface area contributed by atoms with E-state index in [1.807, 2.05) is 11.8 Å². The summed E-state index contributed by atoms with van der Waals surface area (Å²) in [6, 6.07) is 0. The van der Waals surface area contributed by atoms with Gasteiger partial charge in [-0.1, -0.05) is 40.0 Å². The van der Waals surface area contributed by atoms with Crippen molar-refractivity contribution in [3.63, 3.8) is 0 Å². The highest BCUT2D eigenvalue weighted by Crippen LogP contribution is 2.35. The van der Waals surface area contributed by atoms with Crippen LogP contribution < -0.4 is 0 Å². The van der Waals surface area contributed by atoms with Crippen LogP contribution in [0, 0.1) is 0 Å². The highest BCUT2D eigenvalue weighted by atomic mass is 16.5. The van der Waals surface area contributed by atoms with Gasteiger partial charge in [-0.2, -0.15) is 0 Å². The largest absolute Gasteiger partial charge is 0.355 e. The third-order valence-electron chi connectivity index (χ3n) is 3.98. The molecule has 0 aromatic carbocycles. The number of methoxy groups -OCH3 is 1. The maximum Gasteiger partial charge on any atom is 0.252 e. The van der Waals surface area contributed by atoms with E-state index in [2.05, 4.69) is 19.9 Å². The standard InChI is InChI=1S/C16H29NO2/c1-5-8-10-11-16(19-4)13-14(7-3)15(18)17(16)12-9-6-2/h13H,5-12H2,1-4H3. The average molecular weight is 267 g/mol. The van der Waals surface area contributed by atoms with Crippen LogP contribution in [0.25, 0.3) is 0 Å². The van der Waals surface area contributed by atoms with Crippen molar-refractivity contribution < 1.29 is 9.53 Å². The zero-order valence-electron chi connectivity index (χ0n) is 13.0. The minimum atomic E-state index is -0.479. The lowest BCUT2D eigenvalue weighted by Gasteiger charge is -2.37. The van der Waals surface area contributed by atoms with E-state index in [4.69, 9.17) is 4.74 Å². The van der Waals surface area contributed by atoms with Gasteiger partial charge in [0.05, 0.1) is 0 Å². The van der Waals surface area contributed by atoms with Crippen molar-refractivity contribution in [1.29, 1.82) is 0 Å². The fraction of sp³-hybridized carbons (Fsp3) is 0.812. The monoisotopic (exact) mass is 267 g/mol. The molecule has 110 valence electrons. The summed E-state index contributed by atoms with van der Waals surface area (Å²) in [5.41, 5.74) is 0.432. The summed E-state index contributed by atoms with van der Waals surface area (Å²) in [5.74, 6) is 0.175. The Kier molecular flexibility index (Phi) is 6.56. The van der Waals surface area contributed by atoms with Crippen LogP contribution in [0.1, 0.15) is 65.7 Å². The molecule has 1 aliphatic heterocycles. The third-order valence-corrected chi connectivity index (χ3v) is 3.98. The fourth-order valence-electron chi connectivity index (χ4n) is 2.72. The number of rotatable bonds is 9. The summed E-state index contributed by atoms with van der Waals surface area (Å²) in [7, 11) is 1.73. The van der Waals surface area contributed by atoms with Crippen molar-refractivity contribution in [3.05, 3.63) is 11.6 Å². The second-order valence-electron chi connectivity index (χ2n) is 5.34.